The maximum absolute atomic E-state index is 12.5. The van der Waals surface area contributed by atoms with Crippen molar-refractivity contribution >= 4 is 17.4 Å². The molecule has 1 aliphatic rings. The Kier molecular flexibility index (Phi) is 5.94. The van der Waals surface area contributed by atoms with Gasteiger partial charge < -0.3 is 15.1 Å². The lowest BCUT2D eigenvalue weighted by atomic mass is 10.1. The number of piperidine rings is 1. The lowest BCUT2D eigenvalue weighted by molar-refractivity contribution is 0.212. The Morgan fingerprint density at radius 1 is 1.00 bits per heavy atom. The molecule has 2 aromatic carbocycles. The van der Waals surface area contributed by atoms with E-state index in [0.29, 0.717) is 13.1 Å². The van der Waals surface area contributed by atoms with E-state index >= 15 is 0 Å². The molecule has 0 atom stereocenters. The van der Waals surface area contributed by atoms with Gasteiger partial charge >= 0.3 is 6.03 Å². The lowest BCUT2D eigenvalue weighted by Gasteiger charge is -2.29. The van der Waals surface area contributed by atoms with E-state index in [4.69, 9.17) is 0 Å². The van der Waals surface area contributed by atoms with E-state index in [1.54, 1.807) is 0 Å². The quantitative estimate of drug-likeness (QED) is 0.856. The maximum Gasteiger partial charge on any atom is 0.322 e. The van der Waals surface area contributed by atoms with Gasteiger partial charge in [0.25, 0.3) is 0 Å². The predicted octanol–water partition coefficient (Wildman–Crippen LogP) is 4.73. The molecule has 0 aromatic heterocycles. The van der Waals surface area contributed by atoms with E-state index in [1.165, 1.54) is 24.9 Å². The summed E-state index contributed by atoms with van der Waals surface area (Å²) in [4.78, 5) is 16.8. The number of benzene rings is 2. The summed E-state index contributed by atoms with van der Waals surface area (Å²) in [5, 5.41) is 3.01. The Morgan fingerprint density at radius 2 is 1.68 bits per heavy atom. The first-order chi connectivity index (χ1) is 12.3. The van der Waals surface area contributed by atoms with Crippen LogP contribution in [0.4, 0.5) is 16.2 Å². The van der Waals surface area contributed by atoms with Crippen molar-refractivity contribution in [1.29, 1.82) is 0 Å². The van der Waals surface area contributed by atoms with E-state index in [9.17, 15) is 4.79 Å². The number of nitrogens with zero attached hydrogens (tertiary/aromatic N) is 2. The highest BCUT2D eigenvalue weighted by molar-refractivity contribution is 5.89. The minimum Gasteiger partial charge on any atom is -0.372 e. The van der Waals surface area contributed by atoms with Crippen LogP contribution in [0.25, 0.3) is 0 Å². The first-order valence-electron chi connectivity index (χ1n) is 9.21. The van der Waals surface area contributed by atoms with Crippen LogP contribution in [0.3, 0.4) is 0 Å². The highest BCUT2D eigenvalue weighted by atomic mass is 16.2. The summed E-state index contributed by atoms with van der Waals surface area (Å²) in [6, 6.07) is 18.2. The van der Waals surface area contributed by atoms with Crippen LogP contribution in [0.1, 0.15) is 31.7 Å². The van der Waals surface area contributed by atoms with Gasteiger partial charge in [0.05, 0.1) is 0 Å². The Balaban J connectivity index is 1.59. The average molecular weight is 337 g/mol. The molecule has 0 bridgehead atoms. The molecule has 1 N–H and O–H groups in total. The summed E-state index contributed by atoms with van der Waals surface area (Å²) in [6.07, 6.45) is 3.87. The van der Waals surface area contributed by atoms with Gasteiger partial charge in [0.15, 0.2) is 0 Å². The molecule has 0 spiro atoms. The SMILES string of the molecule is CCN(Cc1ccccc1)C(=O)Nc1ccc(N2CCCCC2)cc1. The molecule has 4 heteroatoms. The van der Waals surface area contributed by atoms with Gasteiger partial charge in [-0.2, -0.15) is 0 Å². The van der Waals surface area contributed by atoms with Crippen LogP contribution in [-0.2, 0) is 6.54 Å². The Labute approximate surface area is 150 Å². The van der Waals surface area contributed by atoms with Gasteiger partial charge in [0.2, 0.25) is 0 Å². The molecule has 1 saturated heterocycles. The number of rotatable bonds is 5. The molecular weight excluding hydrogens is 310 g/mol. The normalized spacial score (nSPS) is 14.2. The molecule has 4 nitrogen and oxygen atoms in total. The Morgan fingerprint density at radius 3 is 2.32 bits per heavy atom. The van der Waals surface area contributed by atoms with Crippen molar-refractivity contribution in [1.82, 2.24) is 4.90 Å². The smallest absolute Gasteiger partial charge is 0.322 e. The van der Waals surface area contributed by atoms with Crippen LogP contribution in [0.15, 0.2) is 54.6 Å². The Bertz CT molecular complexity index is 663. The number of hydrogen-bond donors (Lipinski definition) is 1. The largest absolute Gasteiger partial charge is 0.372 e. The number of urea groups is 1. The molecule has 0 radical (unpaired) electrons. The van der Waals surface area contributed by atoms with Gasteiger partial charge in [-0.15, -0.1) is 0 Å². The van der Waals surface area contributed by atoms with Crippen LogP contribution in [0.5, 0.6) is 0 Å². The molecule has 3 rings (SSSR count). The van der Waals surface area contributed by atoms with Crippen molar-refractivity contribution in [2.75, 3.05) is 29.9 Å². The number of carbonyl (C=O) groups excluding carboxylic acids is 1. The Hall–Kier alpha value is -2.49. The van der Waals surface area contributed by atoms with Gasteiger partial charge in [-0.05, 0) is 56.0 Å². The maximum atomic E-state index is 12.5. The molecule has 2 amide bonds. The van der Waals surface area contributed by atoms with Gasteiger partial charge in [-0.1, -0.05) is 30.3 Å². The molecule has 2 aromatic rings. The van der Waals surface area contributed by atoms with E-state index in [0.717, 1.165) is 24.3 Å². The van der Waals surface area contributed by atoms with Crippen LogP contribution >= 0.6 is 0 Å². The van der Waals surface area contributed by atoms with Crippen molar-refractivity contribution in [3.8, 4) is 0 Å². The summed E-state index contributed by atoms with van der Waals surface area (Å²) < 4.78 is 0. The van der Waals surface area contributed by atoms with Crippen molar-refractivity contribution in [2.45, 2.75) is 32.7 Å². The fourth-order valence-electron chi connectivity index (χ4n) is 3.24. The van der Waals surface area contributed by atoms with Crippen LogP contribution in [0.2, 0.25) is 0 Å². The number of carbonyl (C=O) groups is 1. The van der Waals surface area contributed by atoms with Crippen LogP contribution in [0, 0.1) is 0 Å². The average Bonchev–Trinajstić information content (AvgIpc) is 2.68. The fourth-order valence-corrected chi connectivity index (χ4v) is 3.24. The summed E-state index contributed by atoms with van der Waals surface area (Å²) in [7, 11) is 0. The monoisotopic (exact) mass is 337 g/mol. The zero-order valence-electron chi connectivity index (χ0n) is 14.9. The minimum absolute atomic E-state index is 0.0583. The van der Waals surface area contributed by atoms with Crippen molar-refractivity contribution in [2.24, 2.45) is 0 Å². The fraction of sp³-hybridized carbons (Fsp3) is 0.381. The number of amides is 2. The summed E-state index contributed by atoms with van der Waals surface area (Å²) >= 11 is 0. The van der Waals surface area contributed by atoms with Crippen molar-refractivity contribution < 1.29 is 4.79 Å². The minimum atomic E-state index is -0.0583. The van der Waals surface area contributed by atoms with Crippen molar-refractivity contribution in [3.05, 3.63) is 60.2 Å². The van der Waals surface area contributed by atoms with Crippen LogP contribution in [-0.4, -0.2) is 30.6 Å². The van der Waals surface area contributed by atoms with Crippen molar-refractivity contribution in [3.63, 3.8) is 0 Å². The zero-order valence-corrected chi connectivity index (χ0v) is 14.9. The molecule has 25 heavy (non-hydrogen) atoms. The molecular formula is C21H27N3O. The summed E-state index contributed by atoms with van der Waals surface area (Å²) in [5.41, 5.74) is 3.23. The van der Waals surface area contributed by atoms with E-state index in [2.05, 4.69) is 22.3 Å². The lowest BCUT2D eigenvalue weighted by Crippen LogP contribution is -2.34. The van der Waals surface area contributed by atoms with Crippen LogP contribution < -0.4 is 10.2 Å². The first-order valence-corrected chi connectivity index (χ1v) is 9.21. The standard InChI is InChI=1S/C21H27N3O/c1-2-23(17-18-9-5-3-6-10-18)21(25)22-19-11-13-20(14-12-19)24-15-7-4-8-16-24/h3,5-6,9-14H,2,4,7-8,15-17H2,1H3,(H,22,25). The second kappa shape index (κ2) is 8.56. The third-order valence-electron chi connectivity index (χ3n) is 4.72. The van der Waals surface area contributed by atoms with Gasteiger partial charge in [-0.3, -0.25) is 0 Å². The van der Waals surface area contributed by atoms with E-state index in [-0.39, 0.29) is 6.03 Å². The topological polar surface area (TPSA) is 35.6 Å². The molecule has 0 unspecified atom stereocenters. The first kappa shape index (κ1) is 17.3. The molecule has 1 aliphatic heterocycles. The number of hydrogen-bond acceptors (Lipinski definition) is 2. The molecule has 1 heterocycles. The summed E-state index contributed by atoms with van der Waals surface area (Å²) in [5.74, 6) is 0. The molecule has 132 valence electrons. The predicted molar refractivity (Wildman–Crippen MR) is 104 cm³/mol. The third-order valence-corrected chi connectivity index (χ3v) is 4.72. The highest BCUT2D eigenvalue weighted by Gasteiger charge is 2.13. The van der Waals surface area contributed by atoms with E-state index < -0.39 is 0 Å². The van der Waals surface area contributed by atoms with E-state index in [1.807, 2.05) is 54.3 Å². The third kappa shape index (κ3) is 4.75. The number of nitrogens with one attached hydrogen (secondary N) is 1. The number of anilines is 2. The molecule has 1 fully saturated rings. The van der Waals surface area contributed by atoms with Gasteiger partial charge in [-0.25, -0.2) is 4.79 Å². The summed E-state index contributed by atoms with van der Waals surface area (Å²) in [6.45, 7) is 5.56. The zero-order chi connectivity index (χ0) is 17.5. The molecule has 0 aliphatic carbocycles. The van der Waals surface area contributed by atoms with Gasteiger partial charge in [0.1, 0.15) is 0 Å². The van der Waals surface area contributed by atoms with Gasteiger partial charge in [0, 0.05) is 37.6 Å². The second-order valence-electron chi connectivity index (χ2n) is 6.52. The molecule has 0 saturated carbocycles. The highest BCUT2D eigenvalue weighted by Crippen LogP contribution is 2.22. The second-order valence-corrected chi connectivity index (χ2v) is 6.52.